The van der Waals surface area contributed by atoms with Gasteiger partial charge >= 0.3 is 0 Å². The fraction of sp³-hybridized carbons (Fsp3) is 0.0690. The Morgan fingerprint density at radius 2 is 0.852 bits per heavy atom. The molecule has 0 aliphatic carbocycles. The number of nitrogens with zero attached hydrogens (tertiary/aromatic N) is 2. The summed E-state index contributed by atoms with van der Waals surface area (Å²) >= 11 is 0. The molecule has 0 saturated carbocycles. The Hall–Kier alpha value is -7.62. The van der Waals surface area contributed by atoms with Crippen LogP contribution in [0.3, 0.4) is 0 Å². The number of aromatic nitrogens is 2. The highest BCUT2D eigenvalue weighted by molar-refractivity contribution is 6.15. The molecule has 0 radical (unpaired) electrons. The second-order valence-corrected chi connectivity index (χ2v) is 16.2. The van der Waals surface area contributed by atoms with Crippen LogP contribution in [0, 0.1) is 20.8 Å². The lowest BCUT2D eigenvalue weighted by Crippen LogP contribution is -1.99. The molecule has 0 atom stereocenters. The normalized spacial score (nSPS) is 11.7. The van der Waals surface area contributed by atoms with Crippen LogP contribution in [-0.2, 0) is 0 Å². The monoisotopic (exact) mass is 784 g/mol. The summed E-state index contributed by atoms with van der Waals surface area (Å²) in [5, 5.41) is 7.09. The van der Waals surface area contributed by atoms with Crippen molar-refractivity contribution in [3.63, 3.8) is 0 Å². The minimum atomic E-state index is 0. The van der Waals surface area contributed by atoms with Crippen molar-refractivity contribution in [3.05, 3.63) is 205 Å². The van der Waals surface area contributed by atoms with Gasteiger partial charge < -0.3 is 13.6 Å². The smallest absolute Gasteiger partial charge is 0.159 e. The first-order chi connectivity index (χ1) is 29.5. The predicted molar refractivity (Wildman–Crippen MR) is 260 cm³/mol. The van der Waals surface area contributed by atoms with Gasteiger partial charge in [-0.05, 0) is 119 Å². The first-order valence-corrected chi connectivity index (χ1v) is 20.8. The summed E-state index contributed by atoms with van der Waals surface area (Å²) in [6.45, 7) is 6.67. The fourth-order valence-corrected chi connectivity index (χ4v) is 9.96. The van der Waals surface area contributed by atoms with Crippen LogP contribution in [-0.4, -0.2) is 9.13 Å². The molecular formula is C58H44N2O. The molecule has 9 aromatic carbocycles. The molecule has 61 heavy (non-hydrogen) atoms. The molecule has 3 heterocycles. The molecule has 0 bridgehead atoms. The van der Waals surface area contributed by atoms with E-state index in [0.717, 1.165) is 44.3 Å². The average molecular weight is 785 g/mol. The number of rotatable bonds is 5. The zero-order valence-electron chi connectivity index (χ0n) is 33.7. The highest BCUT2D eigenvalue weighted by Gasteiger charge is 2.22. The van der Waals surface area contributed by atoms with Crippen molar-refractivity contribution in [3.8, 4) is 44.8 Å². The summed E-state index contributed by atoms with van der Waals surface area (Å²) in [4.78, 5) is 0. The van der Waals surface area contributed by atoms with Crippen molar-refractivity contribution in [2.75, 3.05) is 0 Å². The summed E-state index contributed by atoms with van der Waals surface area (Å²) in [7, 11) is 0. The van der Waals surface area contributed by atoms with E-state index in [2.05, 4.69) is 218 Å². The topological polar surface area (TPSA) is 23.0 Å². The van der Waals surface area contributed by atoms with E-state index in [-0.39, 0.29) is 7.43 Å². The van der Waals surface area contributed by atoms with Gasteiger partial charge in [0.1, 0.15) is 5.58 Å². The third-order valence-electron chi connectivity index (χ3n) is 12.8. The molecule has 3 aromatic heterocycles. The molecule has 0 aliphatic rings. The van der Waals surface area contributed by atoms with E-state index in [0.29, 0.717) is 0 Å². The van der Waals surface area contributed by atoms with Crippen molar-refractivity contribution in [1.29, 1.82) is 0 Å². The number of aryl methyl sites for hydroxylation is 2. The van der Waals surface area contributed by atoms with Crippen LogP contribution in [0.15, 0.2) is 192 Å². The van der Waals surface area contributed by atoms with Gasteiger partial charge in [0.2, 0.25) is 0 Å². The third-order valence-corrected chi connectivity index (χ3v) is 12.8. The zero-order valence-corrected chi connectivity index (χ0v) is 33.7. The van der Waals surface area contributed by atoms with Crippen LogP contribution in [0.5, 0.6) is 0 Å². The summed E-state index contributed by atoms with van der Waals surface area (Å²) in [5.74, 6) is 0. The van der Waals surface area contributed by atoms with E-state index in [1.165, 1.54) is 82.6 Å². The Morgan fingerprint density at radius 3 is 1.44 bits per heavy atom. The van der Waals surface area contributed by atoms with Crippen LogP contribution in [0.2, 0.25) is 0 Å². The van der Waals surface area contributed by atoms with Crippen molar-refractivity contribution >= 4 is 65.6 Å². The number of benzene rings is 9. The molecule has 12 aromatic rings. The molecule has 0 N–H and O–H groups in total. The van der Waals surface area contributed by atoms with Crippen molar-refractivity contribution in [2.24, 2.45) is 0 Å². The zero-order chi connectivity index (χ0) is 40.1. The van der Waals surface area contributed by atoms with Crippen LogP contribution in [0.25, 0.3) is 110 Å². The maximum absolute atomic E-state index is 7.01. The van der Waals surface area contributed by atoms with E-state index >= 15 is 0 Å². The Morgan fingerprint density at radius 1 is 0.361 bits per heavy atom. The van der Waals surface area contributed by atoms with Crippen LogP contribution < -0.4 is 0 Å². The number of hydrogen-bond acceptors (Lipinski definition) is 1. The molecule has 0 unspecified atom stereocenters. The molecule has 0 spiro atoms. The van der Waals surface area contributed by atoms with Gasteiger partial charge in [0.05, 0.1) is 27.8 Å². The Kier molecular flexibility index (Phi) is 8.37. The first-order valence-electron chi connectivity index (χ1n) is 20.8. The van der Waals surface area contributed by atoms with Gasteiger partial charge in [-0.25, -0.2) is 0 Å². The number of fused-ring (bicyclic) bond motifs is 9. The van der Waals surface area contributed by atoms with Crippen LogP contribution in [0.4, 0.5) is 0 Å². The summed E-state index contributed by atoms with van der Waals surface area (Å²) in [6, 6.07) is 68.5. The molecule has 0 aliphatic heterocycles. The van der Waals surface area contributed by atoms with Gasteiger partial charge in [0.15, 0.2) is 5.58 Å². The Balaban J connectivity index is 0.00000420. The third kappa shape index (κ3) is 5.51. The van der Waals surface area contributed by atoms with E-state index in [4.69, 9.17) is 4.42 Å². The van der Waals surface area contributed by atoms with Crippen molar-refractivity contribution in [2.45, 2.75) is 28.2 Å². The molecule has 0 fully saturated rings. The van der Waals surface area contributed by atoms with E-state index in [9.17, 15) is 0 Å². The molecule has 292 valence electrons. The van der Waals surface area contributed by atoms with Crippen molar-refractivity contribution < 1.29 is 4.42 Å². The van der Waals surface area contributed by atoms with E-state index < -0.39 is 0 Å². The summed E-state index contributed by atoms with van der Waals surface area (Å²) < 4.78 is 11.8. The van der Waals surface area contributed by atoms with Crippen LogP contribution >= 0.6 is 0 Å². The molecule has 3 heteroatoms. The highest BCUT2D eigenvalue weighted by atomic mass is 16.3. The van der Waals surface area contributed by atoms with Gasteiger partial charge in [-0.3, -0.25) is 0 Å². The number of furan rings is 1. The minimum absolute atomic E-state index is 0. The standard InChI is InChI=1S/C57H40N2O.CH4/c1-35-15-4-5-16-41(35)42-29-27-38(31-36(42)2)43-21-14-22-44(37(43)3)39-28-30-56-49(32-39)50-33-40(58-51-23-10-6-17-45(51)46-18-7-11-24-52(46)58)34-55(57(50)60-56)59-53-25-12-8-19-47(53)48-20-9-13-26-54(48)59;/h4-34H,1-3H3;1H4. The fourth-order valence-electron chi connectivity index (χ4n) is 9.96. The second-order valence-electron chi connectivity index (χ2n) is 16.2. The minimum Gasteiger partial charge on any atom is -0.454 e. The van der Waals surface area contributed by atoms with Gasteiger partial charge in [0.25, 0.3) is 0 Å². The molecule has 0 saturated heterocycles. The van der Waals surface area contributed by atoms with Gasteiger partial charge in [0, 0.05) is 38.0 Å². The second kappa shape index (κ2) is 14.0. The number of para-hydroxylation sites is 4. The molecule has 12 rings (SSSR count). The van der Waals surface area contributed by atoms with Gasteiger partial charge in [-0.15, -0.1) is 0 Å². The van der Waals surface area contributed by atoms with Gasteiger partial charge in [-0.1, -0.05) is 147 Å². The summed E-state index contributed by atoms with van der Waals surface area (Å²) in [5.41, 5.74) is 19.7. The van der Waals surface area contributed by atoms with Crippen LogP contribution in [0.1, 0.15) is 24.1 Å². The average Bonchev–Trinajstić information content (AvgIpc) is 3.94. The van der Waals surface area contributed by atoms with E-state index in [1.54, 1.807) is 0 Å². The lowest BCUT2D eigenvalue weighted by molar-refractivity contribution is 0.666. The van der Waals surface area contributed by atoms with Gasteiger partial charge in [-0.2, -0.15) is 0 Å². The van der Waals surface area contributed by atoms with E-state index in [1.807, 2.05) is 0 Å². The maximum atomic E-state index is 7.01. The SMILES string of the molecule is C.Cc1ccccc1-c1ccc(-c2cccc(-c3ccc4oc5c(-n6c7ccccc7c7ccccc76)cc(-n6c7ccccc7c7ccccc76)cc5c4c3)c2C)cc1C. The lowest BCUT2D eigenvalue weighted by Gasteiger charge is -2.15. The van der Waals surface area contributed by atoms with Crippen molar-refractivity contribution in [1.82, 2.24) is 9.13 Å². The highest BCUT2D eigenvalue weighted by Crippen LogP contribution is 2.43. The Bertz CT molecular complexity index is 3600. The molecular weight excluding hydrogens is 741 g/mol. The maximum Gasteiger partial charge on any atom is 0.159 e. The first kappa shape index (κ1) is 36.5. The summed E-state index contributed by atoms with van der Waals surface area (Å²) in [6.07, 6.45) is 0. The lowest BCUT2D eigenvalue weighted by atomic mass is 9.89. The molecule has 3 nitrogen and oxygen atoms in total. The predicted octanol–water partition coefficient (Wildman–Crippen LogP) is 16.3. The largest absolute Gasteiger partial charge is 0.454 e. The Labute approximate surface area is 355 Å². The molecule has 0 amide bonds. The number of hydrogen-bond donors (Lipinski definition) is 0. The quantitative estimate of drug-likeness (QED) is 0.170.